The molecule has 1 aliphatic rings. The van der Waals surface area contributed by atoms with Gasteiger partial charge in [-0.05, 0) is 49.2 Å². The normalized spacial score (nSPS) is 13.8. The Morgan fingerprint density at radius 3 is 2.53 bits per heavy atom. The number of ether oxygens (including phenoxy) is 1. The lowest BCUT2D eigenvalue weighted by molar-refractivity contribution is 0.0751. The molecule has 1 aromatic heterocycles. The highest BCUT2D eigenvalue weighted by molar-refractivity contribution is 7.90. The number of hydrogen-bond donors (Lipinski definition) is 1. The summed E-state index contributed by atoms with van der Waals surface area (Å²) in [6.45, 7) is 0.449. The zero-order chi connectivity index (χ0) is 24.3. The number of rotatable bonds is 6. The summed E-state index contributed by atoms with van der Waals surface area (Å²) in [6, 6.07) is 12.7. The Morgan fingerprint density at radius 2 is 1.88 bits per heavy atom. The number of amides is 2. The molecule has 2 heterocycles. The molecule has 0 saturated carbocycles. The van der Waals surface area contributed by atoms with E-state index in [0.717, 1.165) is 6.26 Å². The van der Waals surface area contributed by atoms with Crippen LogP contribution in [-0.2, 0) is 9.84 Å². The van der Waals surface area contributed by atoms with Crippen molar-refractivity contribution in [3.63, 3.8) is 0 Å². The van der Waals surface area contributed by atoms with E-state index >= 15 is 0 Å². The third-order valence-electron chi connectivity index (χ3n) is 5.21. The summed E-state index contributed by atoms with van der Waals surface area (Å²) >= 11 is 0. The highest BCUT2D eigenvalue weighted by Gasteiger charge is 2.22. The Hall–Kier alpha value is -3.99. The molecule has 0 spiro atoms. The summed E-state index contributed by atoms with van der Waals surface area (Å²) in [6.07, 6.45) is 3.83. The van der Waals surface area contributed by atoms with Gasteiger partial charge in [-0.15, -0.1) is 0 Å². The molecule has 0 saturated heterocycles. The largest absolute Gasteiger partial charge is 0.495 e. The maximum atomic E-state index is 13.0. The van der Waals surface area contributed by atoms with E-state index in [1.165, 1.54) is 30.4 Å². The summed E-state index contributed by atoms with van der Waals surface area (Å²) in [4.78, 5) is 25.2. The lowest BCUT2D eigenvalue weighted by atomic mass is 10.0. The second-order valence-corrected chi connectivity index (χ2v) is 9.61. The highest BCUT2D eigenvalue weighted by Crippen LogP contribution is 2.27. The quantitative estimate of drug-likeness (QED) is 0.571. The molecule has 3 aromatic rings. The minimum absolute atomic E-state index is 0.0801. The molecule has 2 amide bonds. The fraction of sp³-hybridized carbons (Fsp3) is 0.217. The van der Waals surface area contributed by atoms with Gasteiger partial charge in [-0.1, -0.05) is 11.2 Å². The number of sulfone groups is 1. The molecule has 176 valence electrons. The van der Waals surface area contributed by atoms with E-state index < -0.39 is 15.7 Å². The third-order valence-corrected chi connectivity index (χ3v) is 6.34. The average molecular weight is 483 g/mol. The summed E-state index contributed by atoms with van der Waals surface area (Å²) in [7, 11) is -2.03. The zero-order valence-corrected chi connectivity index (χ0v) is 19.3. The van der Waals surface area contributed by atoms with Crippen LogP contribution in [0.2, 0.25) is 0 Å². The van der Waals surface area contributed by atoms with E-state index in [-0.39, 0.29) is 22.3 Å². The maximum Gasteiger partial charge on any atom is 0.294 e. The molecule has 0 unspecified atom stereocenters. The molecule has 4 rings (SSSR count). The van der Waals surface area contributed by atoms with Gasteiger partial charge in [-0.3, -0.25) is 9.59 Å². The molecular formula is C23H22N4O6S. The molecule has 0 radical (unpaired) electrons. The lowest BCUT2D eigenvalue weighted by Crippen LogP contribution is -2.32. The van der Waals surface area contributed by atoms with Crippen LogP contribution in [0.4, 0.5) is 5.69 Å². The molecule has 0 atom stereocenters. The Bertz CT molecular complexity index is 1350. The van der Waals surface area contributed by atoms with Crippen LogP contribution in [0.15, 0.2) is 69.2 Å². The third kappa shape index (κ3) is 4.99. The molecule has 2 aromatic carbocycles. The fourth-order valence-corrected chi connectivity index (χ4v) is 4.34. The number of hydrazone groups is 1. The van der Waals surface area contributed by atoms with Gasteiger partial charge in [0.1, 0.15) is 10.6 Å². The number of carbonyl (C=O) groups is 2. The van der Waals surface area contributed by atoms with Gasteiger partial charge in [0.25, 0.3) is 11.8 Å². The van der Waals surface area contributed by atoms with Crippen LogP contribution < -0.4 is 10.1 Å². The van der Waals surface area contributed by atoms with Crippen molar-refractivity contribution in [1.29, 1.82) is 0 Å². The summed E-state index contributed by atoms with van der Waals surface area (Å²) < 4.78 is 34.0. The van der Waals surface area contributed by atoms with Crippen LogP contribution in [0.3, 0.4) is 0 Å². The number of nitrogens with zero attached hydrogens (tertiary/aromatic N) is 3. The van der Waals surface area contributed by atoms with Crippen molar-refractivity contribution in [2.24, 2.45) is 5.10 Å². The Morgan fingerprint density at radius 1 is 1.12 bits per heavy atom. The van der Waals surface area contributed by atoms with Crippen LogP contribution >= 0.6 is 0 Å². The molecule has 34 heavy (non-hydrogen) atoms. The van der Waals surface area contributed by atoms with Gasteiger partial charge >= 0.3 is 0 Å². The number of nitrogens with one attached hydrogen (secondary N) is 1. The van der Waals surface area contributed by atoms with Gasteiger partial charge < -0.3 is 14.6 Å². The van der Waals surface area contributed by atoms with E-state index in [1.54, 1.807) is 36.4 Å². The predicted octanol–water partition coefficient (Wildman–Crippen LogP) is 2.98. The Labute approximate surface area is 196 Å². The summed E-state index contributed by atoms with van der Waals surface area (Å²) in [5.74, 6) is -0.421. The van der Waals surface area contributed by atoms with Crippen molar-refractivity contribution in [3.05, 3.63) is 71.6 Å². The number of aromatic nitrogens is 1. The summed E-state index contributed by atoms with van der Waals surface area (Å²) in [5.41, 5.74) is 2.26. The van der Waals surface area contributed by atoms with E-state index in [4.69, 9.17) is 9.26 Å². The molecule has 0 aliphatic carbocycles. The van der Waals surface area contributed by atoms with Crippen molar-refractivity contribution < 1.29 is 27.3 Å². The number of anilines is 1. The van der Waals surface area contributed by atoms with Crippen molar-refractivity contribution in [2.45, 2.75) is 17.7 Å². The van der Waals surface area contributed by atoms with Gasteiger partial charge in [-0.2, -0.15) is 5.10 Å². The lowest BCUT2D eigenvalue weighted by Gasteiger charge is -2.24. The molecule has 0 bridgehead atoms. The second-order valence-electron chi connectivity index (χ2n) is 7.62. The highest BCUT2D eigenvalue weighted by atomic mass is 32.2. The van der Waals surface area contributed by atoms with Gasteiger partial charge in [0.05, 0.1) is 19.0 Å². The van der Waals surface area contributed by atoms with Crippen LogP contribution in [-0.4, -0.2) is 56.0 Å². The standard InChI is InChI=1S/C23H22N4O6S/c1-32-20-14-16(7-10-21(20)34(2,30)31)18-4-3-13-27(26-18)23(29)15-5-8-17(9-6-15)25-22(28)19-11-12-24-33-19/h5-12,14H,3-4,13H2,1-2H3,(H,25,28). The van der Waals surface area contributed by atoms with Crippen molar-refractivity contribution >= 4 is 33.1 Å². The topological polar surface area (TPSA) is 131 Å². The molecule has 1 aliphatic heterocycles. The minimum atomic E-state index is -3.44. The van der Waals surface area contributed by atoms with E-state index in [1.807, 2.05) is 0 Å². The molecular weight excluding hydrogens is 460 g/mol. The second kappa shape index (κ2) is 9.48. The number of hydrogen-bond acceptors (Lipinski definition) is 8. The van der Waals surface area contributed by atoms with Gasteiger partial charge in [0, 0.05) is 35.7 Å². The van der Waals surface area contributed by atoms with Crippen LogP contribution in [0.5, 0.6) is 5.75 Å². The molecule has 0 fully saturated rings. The molecule has 10 nitrogen and oxygen atoms in total. The molecule has 1 N–H and O–H groups in total. The van der Waals surface area contributed by atoms with Crippen molar-refractivity contribution in [1.82, 2.24) is 10.2 Å². The van der Waals surface area contributed by atoms with E-state index in [2.05, 4.69) is 15.6 Å². The van der Waals surface area contributed by atoms with E-state index in [9.17, 15) is 18.0 Å². The van der Waals surface area contributed by atoms with Crippen molar-refractivity contribution in [3.8, 4) is 5.75 Å². The smallest absolute Gasteiger partial charge is 0.294 e. The number of carbonyl (C=O) groups excluding carboxylic acids is 2. The monoisotopic (exact) mass is 482 g/mol. The maximum absolute atomic E-state index is 13.0. The summed E-state index contributed by atoms with van der Waals surface area (Å²) in [5, 5.41) is 12.1. The van der Waals surface area contributed by atoms with Gasteiger partial charge in [0.2, 0.25) is 5.76 Å². The number of benzene rings is 2. The van der Waals surface area contributed by atoms with E-state index in [0.29, 0.717) is 41.9 Å². The predicted molar refractivity (Wildman–Crippen MR) is 124 cm³/mol. The average Bonchev–Trinajstić information content (AvgIpc) is 3.38. The van der Waals surface area contributed by atoms with Crippen LogP contribution in [0, 0.1) is 0 Å². The Balaban J connectivity index is 1.51. The fourth-order valence-electron chi connectivity index (χ4n) is 3.52. The minimum Gasteiger partial charge on any atom is -0.495 e. The Kier molecular flexibility index (Phi) is 6.46. The zero-order valence-electron chi connectivity index (χ0n) is 18.5. The first-order valence-corrected chi connectivity index (χ1v) is 12.3. The van der Waals surface area contributed by atoms with Gasteiger partial charge in [-0.25, -0.2) is 13.4 Å². The molecule has 11 heteroatoms. The first-order chi connectivity index (χ1) is 16.3. The first-order valence-electron chi connectivity index (χ1n) is 10.4. The van der Waals surface area contributed by atoms with Gasteiger partial charge in [0.15, 0.2) is 9.84 Å². The van der Waals surface area contributed by atoms with Crippen LogP contribution in [0.25, 0.3) is 0 Å². The van der Waals surface area contributed by atoms with Crippen molar-refractivity contribution in [2.75, 3.05) is 25.2 Å². The van der Waals surface area contributed by atoms with Crippen LogP contribution in [0.1, 0.15) is 39.3 Å². The number of methoxy groups -OCH3 is 1. The SMILES string of the molecule is COc1cc(C2=NN(C(=O)c3ccc(NC(=O)c4ccno4)cc3)CCC2)ccc1S(C)(=O)=O. The first kappa shape index (κ1) is 23.2.